The van der Waals surface area contributed by atoms with Crippen LogP contribution in [0.2, 0.25) is 0 Å². The second-order valence-corrected chi connectivity index (χ2v) is 5.52. The predicted octanol–water partition coefficient (Wildman–Crippen LogP) is 2.38. The van der Waals surface area contributed by atoms with E-state index in [9.17, 15) is 0 Å². The lowest BCUT2D eigenvalue weighted by Crippen LogP contribution is -2.20. The first-order valence-electron chi connectivity index (χ1n) is 7.64. The number of nitrogens with zero attached hydrogens (tertiary/aromatic N) is 3. The van der Waals surface area contributed by atoms with Gasteiger partial charge >= 0.3 is 0 Å². The number of aryl methyl sites for hydroxylation is 1. The van der Waals surface area contributed by atoms with E-state index < -0.39 is 0 Å². The molecule has 0 saturated carbocycles. The van der Waals surface area contributed by atoms with E-state index in [1.165, 1.54) is 11.1 Å². The monoisotopic (exact) mass is 299 g/mol. The van der Waals surface area contributed by atoms with Crippen LogP contribution in [-0.2, 0) is 11.3 Å². The van der Waals surface area contributed by atoms with Gasteiger partial charge in [-0.15, -0.1) is 5.10 Å². The quantitative estimate of drug-likeness (QED) is 0.853. The first kappa shape index (κ1) is 14.7. The molecule has 0 spiro atoms. The van der Waals surface area contributed by atoms with Crippen LogP contribution in [0.15, 0.2) is 30.5 Å². The Hall–Kier alpha value is -2.21. The van der Waals surface area contributed by atoms with Crippen LogP contribution >= 0.6 is 0 Å². The Morgan fingerprint density at radius 1 is 1.32 bits per heavy atom. The van der Waals surface area contributed by atoms with Crippen molar-refractivity contribution in [3.8, 4) is 0 Å². The minimum Gasteiger partial charge on any atom is -0.376 e. The minimum absolute atomic E-state index is 0.257. The molecule has 22 heavy (non-hydrogen) atoms. The molecule has 1 atom stereocenters. The number of hydrogen-bond donors (Lipinski definition) is 2. The zero-order chi connectivity index (χ0) is 15.2. The Labute approximate surface area is 130 Å². The molecule has 2 aromatic rings. The second kappa shape index (κ2) is 7.17. The number of benzene rings is 1. The largest absolute Gasteiger partial charge is 0.376 e. The van der Waals surface area contributed by atoms with Crippen LogP contribution in [0.5, 0.6) is 0 Å². The van der Waals surface area contributed by atoms with E-state index in [0.717, 1.165) is 26.0 Å². The fourth-order valence-corrected chi connectivity index (χ4v) is 2.49. The summed E-state index contributed by atoms with van der Waals surface area (Å²) < 4.78 is 5.57. The maximum Gasteiger partial charge on any atom is 0.244 e. The molecule has 1 aliphatic rings. The fourth-order valence-electron chi connectivity index (χ4n) is 2.49. The third-order valence-electron chi connectivity index (χ3n) is 3.63. The van der Waals surface area contributed by atoms with Crippen LogP contribution in [0, 0.1) is 6.92 Å². The number of nitrogens with one attached hydrogen (secondary N) is 2. The summed E-state index contributed by atoms with van der Waals surface area (Å²) in [4.78, 5) is 4.42. The summed E-state index contributed by atoms with van der Waals surface area (Å²) in [7, 11) is 0. The molecule has 0 radical (unpaired) electrons. The van der Waals surface area contributed by atoms with Gasteiger partial charge in [-0.25, -0.2) is 0 Å². The van der Waals surface area contributed by atoms with Crippen LogP contribution in [-0.4, -0.2) is 34.4 Å². The molecule has 6 heteroatoms. The standard InChI is InChI=1S/C16H21N5O/c1-12-4-2-5-13(8-12)9-17-15-11-19-21-16(20-15)18-10-14-6-3-7-22-14/h2,4-5,8,11,14H,3,6-7,9-10H2,1H3,(H2,17,18,20,21). The average Bonchev–Trinajstić information content (AvgIpc) is 3.05. The van der Waals surface area contributed by atoms with E-state index in [2.05, 4.69) is 57.0 Å². The van der Waals surface area contributed by atoms with E-state index in [0.29, 0.717) is 18.3 Å². The molecular weight excluding hydrogens is 278 g/mol. The summed E-state index contributed by atoms with van der Waals surface area (Å²) in [6.45, 7) is 4.38. The summed E-state index contributed by atoms with van der Waals surface area (Å²) in [5.74, 6) is 1.25. The normalized spacial score (nSPS) is 17.4. The molecule has 0 amide bonds. The molecule has 6 nitrogen and oxygen atoms in total. The molecule has 1 aromatic carbocycles. The van der Waals surface area contributed by atoms with Crippen LogP contribution in [0.3, 0.4) is 0 Å². The van der Waals surface area contributed by atoms with Crippen molar-refractivity contribution in [1.82, 2.24) is 15.2 Å². The lowest BCUT2D eigenvalue weighted by Gasteiger charge is -2.11. The van der Waals surface area contributed by atoms with Crippen molar-refractivity contribution in [2.45, 2.75) is 32.4 Å². The van der Waals surface area contributed by atoms with Crippen molar-refractivity contribution in [3.63, 3.8) is 0 Å². The molecule has 0 aliphatic carbocycles. The Balaban J connectivity index is 1.54. The van der Waals surface area contributed by atoms with Crippen molar-refractivity contribution in [3.05, 3.63) is 41.6 Å². The summed E-state index contributed by atoms with van der Waals surface area (Å²) in [6, 6.07) is 8.38. The number of ether oxygens (including phenoxy) is 1. The van der Waals surface area contributed by atoms with Gasteiger partial charge in [-0.2, -0.15) is 10.1 Å². The van der Waals surface area contributed by atoms with Gasteiger partial charge in [-0.3, -0.25) is 0 Å². The molecule has 1 aliphatic heterocycles. The average molecular weight is 299 g/mol. The minimum atomic E-state index is 0.257. The molecule has 1 unspecified atom stereocenters. The van der Waals surface area contributed by atoms with Crippen LogP contribution < -0.4 is 10.6 Å². The third-order valence-corrected chi connectivity index (χ3v) is 3.63. The Morgan fingerprint density at radius 2 is 2.27 bits per heavy atom. The molecule has 3 rings (SSSR count). The molecule has 116 valence electrons. The van der Waals surface area contributed by atoms with Gasteiger partial charge in [-0.1, -0.05) is 29.8 Å². The molecule has 1 fully saturated rings. The van der Waals surface area contributed by atoms with Gasteiger partial charge in [0, 0.05) is 19.7 Å². The lowest BCUT2D eigenvalue weighted by molar-refractivity contribution is 0.120. The molecular formula is C16H21N5O. The fraction of sp³-hybridized carbons (Fsp3) is 0.438. The van der Waals surface area contributed by atoms with Crippen molar-refractivity contribution in [2.75, 3.05) is 23.8 Å². The summed E-state index contributed by atoms with van der Waals surface area (Å²) in [5, 5.41) is 14.4. The Kier molecular flexibility index (Phi) is 4.80. The smallest absolute Gasteiger partial charge is 0.244 e. The third kappa shape index (κ3) is 4.14. The topological polar surface area (TPSA) is 72.0 Å². The molecule has 1 aromatic heterocycles. The van der Waals surface area contributed by atoms with Gasteiger partial charge in [0.25, 0.3) is 0 Å². The van der Waals surface area contributed by atoms with E-state index in [4.69, 9.17) is 4.74 Å². The predicted molar refractivity (Wildman–Crippen MR) is 85.8 cm³/mol. The van der Waals surface area contributed by atoms with E-state index in [-0.39, 0.29) is 6.10 Å². The second-order valence-electron chi connectivity index (χ2n) is 5.52. The number of rotatable bonds is 6. The van der Waals surface area contributed by atoms with E-state index in [1.807, 2.05) is 0 Å². The highest BCUT2D eigenvalue weighted by atomic mass is 16.5. The Morgan fingerprint density at radius 3 is 3.09 bits per heavy atom. The van der Waals surface area contributed by atoms with Crippen molar-refractivity contribution >= 4 is 11.8 Å². The van der Waals surface area contributed by atoms with Gasteiger partial charge in [0.2, 0.25) is 5.95 Å². The van der Waals surface area contributed by atoms with Crippen molar-refractivity contribution in [1.29, 1.82) is 0 Å². The van der Waals surface area contributed by atoms with Gasteiger partial charge < -0.3 is 15.4 Å². The lowest BCUT2D eigenvalue weighted by atomic mass is 10.1. The summed E-state index contributed by atoms with van der Waals surface area (Å²) in [6.07, 6.45) is 4.11. The first-order chi connectivity index (χ1) is 10.8. The van der Waals surface area contributed by atoms with Crippen LogP contribution in [0.25, 0.3) is 0 Å². The number of aromatic nitrogens is 3. The van der Waals surface area contributed by atoms with Crippen molar-refractivity contribution < 1.29 is 4.74 Å². The summed E-state index contributed by atoms with van der Waals surface area (Å²) in [5.41, 5.74) is 2.46. The van der Waals surface area contributed by atoms with Gasteiger partial charge in [-0.05, 0) is 25.3 Å². The van der Waals surface area contributed by atoms with Crippen LogP contribution in [0.4, 0.5) is 11.8 Å². The van der Waals surface area contributed by atoms with E-state index >= 15 is 0 Å². The van der Waals surface area contributed by atoms with Crippen molar-refractivity contribution in [2.24, 2.45) is 0 Å². The van der Waals surface area contributed by atoms with Gasteiger partial charge in [0.05, 0.1) is 12.3 Å². The highest BCUT2D eigenvalue weighted by Crippen LogP contribution is 2.13. The first-order valence-corrected chi connectivity index (χ1v) is 7.64. The molecule has 2 N–H and O–H groups in total. The SMILES string of the molecule is Cc1cccc(CNc2cnnc(NCC3CCCO3)n2)c1. The Bertz CT molecular complexity index is 613. The van der Waals surface area contributed by atoms with E-state index in [1.54, 1.807) is 6.20 Å². The highest BCUT2D eigenvalue weighted by Gasteiger charge is 2.15. The molecule has 1 saturated heterocycles. The molecule has 0 bridgehead atoms. The highest BCUT2D eigenvalue weighted by molar-refractivity contribution is 5.38. The number of hydrogen-bond acceptors (Lipinski definition) is 6. The van der Waals surface area contributed by atoms with Crippen LogP contribution in [0.1, 0.15) is 24.0 Å². The maximum absolute atomic E-state index is 5.57. The molecule has 2 heterocycles. The maximum atomic E-state index is 5.57. The van der Waals surface area contributed by atoms with Gasteiger partial charge in [0.1, 0.15) is 0 Å². The number of anilines is 2. The zero-order valence-corrected chi connectivity index (χ0v) is 12.7. The zero-order valence-electron chi connectivity index (χ0n) is 12.7. The summed E-state index contributed by atoms with van der Waals surface area (Å²) >= 11 is 0. The van der Waals surface area contributed by atoms with Gasteiger partial charge in [0.15, 0.2) is 5.82 Å².